The smallest absolute Gasteiger partial charge is 0.151 e. The van der Waals surface area contributed by atoms with Crippen LogP contribution in [0.1, 0.15) is 65.5 Å². The van der Waals surface area contributed by atoms with Crippen molar-refractivity contribution in [3.8, 4) is 0 Å². The minimum absolute atomic E-state index is 0.153. The van der Waals surface area contributed by atoms with Gasteiger partial charge in [-0.2, -0.15) is 5.10 Å². The SMILES string of the molecule is CCCC(CC(C)(C)NCC)N(c1ccc(C)nn1)C1CC1. The molecule has 4 heteroatoms. The van der Waals surface area contributed by atoms with Crippen molar-refractivity contribution in [3.05, 3.63) is 17.8 Å². The van der Waals surface area contributed by atoms with Gasteiger partial charge in [-0.05, 0) is 65.1 Å². The van der Waals surface area contributed by atoms with Crippen molar-refractivity contribution in [2.45, 2.75) is 84.3 Å². The van der Waals surface area contributed by atoms with E-state index >= 15 is 0 Å². The van der Waals surface area contributed by atoms with Gasteiger partial charge in [0.1, 0.15) is 0 Å². The standard InChI is InChI=1S/C18H32N4/c1-6-8-16(13-18(4,5)19-7-2)22(15-10-11-15)17-12-9-14(3)20-21-17/h9,12,15-16,19H,6-8,10-11,13H2,1-5H3. The Bertz CT molecular complexity index is 451. The molecule has 1 fully saturated rings. The Morgan fingerprint density at radius 2 is 2.00 bits per heavy atom. The zero-order valence-electron chi connectivity index (χ0n) is 14.9. The quantitative estimate of drug-likeness (QED) is 0.755. The normalized spacial score (nSPS) is 16.6. The molecule has 1 aromatic rings. The summed E-state index contributed by atoms with van der Waals surface area (Å²) < 4.78 is 0. The molecule has 124 valence electrons. The van der Waals surface area contributed by atoms with E-state index in [9.17, 15) is 0 Å². The molecule has 0 spiro atoms. The molecule has 1 aliphatic rings. The lowest BCUT2D eigenvalue weighted by Gasteiger charge is -2.38. The zero-order chi connectivity index (χ0) is 16.2. The van der Waals surface area contributed by atoms with E-state index in [0.717, 1.165) is 24.5 Å². The Balaban J connectivity index is 2.20. The third kappa shape index (κ3) is 4.67. The second kappa shape index (κ2) is 7.40. The summed E-state index contributed by atoms with van der Waals surface area (Å²) in [6.45, 7) is 12.1. The van der Waals surface area contributed by atoms with E-state index in [1.54, 1.807) is 0 Å². The maximum atomic E-state index is 4.47. The second-order valence-corrected chi connectivity index (χ2v) is 7.23. The number of nitrogens with one attached hydrogen (secondary N) is 1. The van der Waals surface area contributed by atoms with Gasteiger partial charge < -0.3 is 10.2 Å². The van der Waals surface area contributed by atoms with Crippen molar-refractivity contribution < 1.29 is 0 Å². The van der Waals surface area contributed by atoms with Crippen LogP contribution in [0.25, 0.3) is 0 Å². The Morgan fingerprint density at radius 3 is 2.50 bits per heavy atom. The molecule has 1 aliphatic carbocycles. The number of hydrogen-bond donors (Lipinski definition) is 1. The lowest BCUT2D eigenvalue weighted by Crippen LogP contribution is -2.48. The van der Waals surface area contributed by atoms with Crippen LogP contribution in [-0.2, 0) is 0 Å². The van der Waals surface area contributed by atoms with Crippen LogP contribution in [0.3, 0.4) is 0 Å². The van der Waals surface area contributed by atoms with Gasteiger partial charge in [0.25, 0.3) is 0 Å². The van der Waals surface area contributed by atoms with Gasteiger partial charge in [0.15, 0.2) is 5.82 Å². The molecule has 1 atom stereocenters. The van der Waals surface area contributed by atoms with Crippen LogP contribution < -0.4 is 10.2 Å². The topological polar surface area (TPSA) is 41.0 Å². The number of anilines is 1. The Morgan fingerprint density at radius 1 is 1.27 bits per heavy atom. The van der Waals surface area contributed by atoms with Crippen LogP contribution in [0.4, 0.5) is 5.82 Å². The van der Waals surface area contributed by atoms with Crippen molar-refractivity contribution in [1.29, 1.82) is 0 Å². The van der Waals surface area contributed by atoms with E-state index in [1.165, 1.54) is 25.7 Å². The molecule has 0 aliphatic heterocycles. The van der Waals surface area contributed by atoms with Crippen LogP contribution in [0.2, 0.25) is 0 Å². The number of aryl methyl sites for hydroxylation is 1. The number of hydrogen-bond acceptors (Lipinski definition) is 4. The summed E-state index contributed by atoms with van der Waals surface area (Å²) in [4.78, 5) is 2.55. The van der Waals surface area contributed by atoms with Crippen molar-refractivity contribution in [2.75, 3.05) is 11.4 Å². The molecule has 4 nitrogen and oxygen atoms in total. The van der Waals surface area contributed by atoms with Gasteiger partial charge in [-0.25, -0.2) is 0 Å². The maximum Gasteiger partial charge on any atom is 0.151 e. The summed E-state index contributed by atoms with van der Waals surface area (Å²) in [6, 6.07) is 5.41. The molecule has 0 saturated heterocycles. The van der Waals surface area contributed by atoms with Crippen molar-refractivity contribution in [3.63, 3.8) is 0 Å². The number of nitrogens with zero attached hydrogens (tertiary/aromatic N) is 3. The van der Waals surface area contributed by atoms with Crippen LogP contribution in [0, 0.1) is 6.92 Å². The van der Waals surface area contributed by atoms with Crippen LogP contribution >= 0.6 is 0 Å². The van der Waals surface area contributed by atoms with Gasteiger partial charge in [0, 0.05) is 17.6 Å². The lowest BCUT2D eigenvalue weighted by atomic mass is 9.91. The Kier molecular flexibility index (Phi) is 5.79. The van der Waals surface area contributed by atoms with E-state index in [2.05, 4.69) is 60.2 Å². The minimum Gasteiger partial charge on any atom is -0.349 e. The predicted molar refractivity (Wildman–Crippen MR) is 93.3 cm³/mol. The third-order valence-corrected chi connectivity index (χ3v) is 4.41. The number of aromatic nitrogens is 2. The van der Waals surface area contributed by atoms with Crippen LogP contribution in [-0.4, -0.2) is 34.4 Å². The molecule has 0 bridgehead atoms. The molecule has 1 unspecified atom stereocenters. The summed E-state index contributed by atoms with van der Waals surface area (Å²) >= 11 is 0. The van der Waals surface area contributed by atoms with Crippen LogP contribution in [0.15, 0.2) is 12.1 Å². The average Bonchev–Trinajstić information content (AvgIpc) is 3.25. The summed E-state index contributed by atoms with van der Waals surface area (Å²) in [6.07, 6.45) is 6.13. The summed E-state index contributed by atoms with van der Waals surface area (Å²) in [5.74, 6) is 1.05. The molecule has 1 saturated carbocycles. The second-order valence-electron chi connectivity index (χ2n) is 7.23. The molecule has 1 aromatic heterocycles. The molecular formula is C18H32N4. The fourth-order valence-electron chi connectivity index (χ4n) is 3.37. The Hall–Kier alpha value is -1.16. The lowest BCUT2D eigenvalue weighted by molar-refractivity contribution is 0.321. The Labute approximate surface area is 135 Å². The summed E-state index contributed by atoms with van der Waals surface area (Å²) in [5.41, 5.74) is 1.14. The van der Waals surface area contributed by atoms with Crippen LogP contribution in [0.5, 0.6) is 0 Å². The maximum absolute atomic E-state index is 4.47. The van der Waals surface area contributed by atoms with E-state index < -0.39 is 0 Å². The molecule has 22 heavy (non-hydrogen) atoms. The largest absolute Gasteiger partial charge is 0.349 e. The highest BCUT2D eigenvalue weighted by Gasteiger charge is 2.37. The zero-order valence-corrected chi connectivity index (χ0v) is 14.9. The van der Waals surface area contributed by atoms with Crippen molar-refractivity contribution in [2.24, 2.45) is 0 Å². The van der Waals surface area contributed by atoms with E-state index in [-0.39, 0.29) is 5.54 Å². The van der Waals surface area contributed by atoms with Gasteiger partial charge in [-0.15, -0.1) is 5.10 Å². The molecule has 2 rings (SSSR count). The van der Waals surface area contributed by atoms with Gasteiger partial charge in [-0.3, -0.25) is 0 Å². The predicted octanol–water partition coefficient (Wildman–Crippen LogP) is 3.70. The molecular weight excluding hydrogens is 272 g/mol. The van der Waals surface area contributed by atoms with E-state index in [0.29, 0.717) is 12.1 Å². The van der Waals surface area contributed by atoms with Crippen molar-refractivity contribution >= 4 is 5.82 Å². The van der Waals surface area contributed by atoms with Gasteiger partial charge in [0.05, 0.1) is 5.69 Å². The summed E-state index contributed by atoms with van der Waals surface area (Å²) in [7, 11) is 0. The first-order chi connectivity index (χ1) is 10.5. The van der Waals surface area contributed by atoms with Gasteiger partial charge in [0.2, 0.25) is 0 Å². The molecule has 0 radical (unpaired) electrons. The molecule has 0 aromatic carbocycles. The van der Waals surface area contributed by atoms with Crippen molar-refractivity contribution in [1.82, 2.24) is 15.5 Å². The molecule has 0 amide bonds. The average molecular weight is 304 g/mol. The van der Waals surface area contributed by atoms with E-state index in [4.69, 9.17) is 0 Å². The first-order valence-corrected chi connectivity index (χ1v) is 8.80. The fraction of sp³-hybridized carbons (Fsp3) is 0.778. The first-order valence-electron chi connectivity index (χ1n) is 8.80. The van der Waals surface area contributed by atoms with Gasteiger partial charge >= 0.3 is 0 Å². The van der Waals surface area contributed by atoms with Gasteiger partial charge in [-0.1, -0.05) is 20.3 Å². The van der Waals surface area contributed by atoms with E-state index in [1.807, 2.05) is 6.92 Å². The fourth-order valence-corrected chi connectivity index (χ4v) is 3.37. The first kappa shape index (κ1) is 17.2. The molecule has 1 heterocycles. The summed E-state index contributed by atoms with van der Waals surface area (Å²) in [5, 5.41) is 12.4. The monoisotopic (exact) mass is 304 g/mol. The highest BCUT2D eigenvalue weighted by molar-refractivity contribution is 5.42. The number of rotatable bonds is 9. The molecule has 1 N–H and O–H groups in total. The highest BCUT2D eigenvalue weighted by Crippen LogP contribution is 2.35. The third-order valence-electron chi connectivity index (χ3n) is 4.41. The minimum atomic E-state index is 0.153. The highest BCUT2D eigenvalue weighted by atomic mass is 15.3.